The Morgan fingerprint density at radius 2 is 2.20 bits per heavy atom. The van der Waals surface area contributed by atoms with Crippen LogP contribution in [-0.4, -0.2) is 41.7 Å². The molecule has 1 heterocycles. The minimum atomic E-state index is -0.322. The molecule has 20 heavy (non-hydrogen) atoms. The number of anilines is 1. The van der Waals surface area contributed by atoms with Gasteiger partial charge in [-0.25, -0.2) is 0 Å². The summed E-state index contributed by atoms with van der Waals surface area (Å²) in [6, 6.07) is 5.91. The predicted molar refractivity (Wildman–Crippen MR) is 80.8 cm³/mol. The fourth-order valence-corrected chi connectivity index (χ4v) is 2.54. The Bertz CT molecular complexity index is 487. The van der Waals surface area contributed by atoms with Gasteiger partial charge < -0.3 is 10.4 Å². The van der Waals surface area contributed by atoms with Gasteiger partial charge in [0, 0.05) is 12.2 Å². The molecule has 2 N–H and O–H groups in total. The van der Waals surface area contributed by atoms with Crippen LogP contribution in [0.25, 0.3) is 0 Å². The predicted octanol–water partition coefficient (Wildman–Crippen LogP) is 1.94. The summed E-state index contributed by atoms with van der Waals surface area (Å²) in [5.74, 6) is 0.314. The lowest BCUT2D eigenvalue weighted by Crippen LogP contribution is -2.45. The SMILES string of the molecule is Cc1cccc(NC(=O)CN2CCC(C)C(O)C2)c1C. The van der Waals surface area contributed by atoms with E-state index >= 15 is 0 Å². The first-order valence-electron chi connectivity index (χ1n) is 7.24. The first-order chi connectivity index (χ1) is 9.47. The van der Waals surface area contributed by atoms with Crippen molar-refractivity contribution in [3.8, 4) is 0 Å². The van der Waals surface area contributed by atoms with E-state index < -0.39 is 0 Å². The number of aliphatic hydroxyl groups excluding tert-OH is 1. The molecule has 2 atom stereocenters. The van der Waals surface area contributed by atoms with Crippen molar-refractivity contribution in [2.75, 3.05) is 25.0 Å². The van der Waals surface area contributed by atoms with Crippen molar-refractivity contribution >= 4 is 11.6 Å². The molecule has 2 unspecified atom stereocenters. The molecule has 1 saturated heterocycles. The molecule has 0 bridgehead atoms. The Balaban J connectivity index is 1.91. The van der Waals surface area contributed by atoms with Gasteiger partial charge in [-0.3, -0.25) is 9.69 Å². The zero-order valence-corrected chi connectivity index (χ0v) is 12.5. The van der Waals surface area contributed by atoms with Gasteiger partial charge in [-0.2, -0.15) is 0 Å². The van der Waals surface area contributed by atoms with Crippen LogP contribution in [0.15, 0.2) is 18.2 Å². The number of nitrogens with zero attached hydrogens (tertiary/aromatic N) is 1. The molecule has 1 amide bonds. The van der Waals surface area contributed by atoms with E-state index in [1.54, 1.807) is 0 Å². The molecule has 4 heteroatoms. The Morgan fingerprint density at radius 3 is 2.90 bits per heavy atom. The topological polar surface area (TPSA) is 52.6 Å². The fourth-order valence-electron chi connectivity index (χ4n) is 2.54. The van der Waals surface area contributed by atoms with E-state index in [1.807, 2.05) is 36.9 Å². The molecule has 0 saturated carbocycles. The number of piperidine rings is 1. The van der Waals surface area contributed by atoms with E-state index in [0.29, 0.717) is 19.0 Å². The van der Waals surface area contributed by atoms with Gasteiger partial charge in [0.25, 0.3) is 0 Å². The Kier molecular flexibility index (Phi) is 4.78. The molecule has 2 rings (SSSR count). The molecular formula is C16H24N2O2. The number of aryl methyl sites for hydroxylation is 1. The lowest BCUT2D eigenvalue weighted by atomic mass is 9.96. The van der Waals surface area contributed by atoms with Gasteiger partial charge in [0.15, 0.2) is 0 Å². The summed E-state index contributed by atoms with van der Waals surface area (Å²) in [5, 5.41) is 12.8. The van der Waals surface area contributed by atoms with Crippen LogP contribution < -0.4 is 5.32 Å². The van der Waals surface area contributed by atoms with Gasteiger partial charge in [-0.15, -0.1) is 0 Å². The molecule has 1 aliphatic heterocycles. The molecular weight excluding hydrogens is 252 g/mol. The van der Waals surface area contributed by atoms with Gasteiger partial charge in [-0.05, 0) is 49.9 Å². The highest BCUT2D eigenvalue weighted by atomic mass is 16.3. The number of amides is 1. The normalized spacial score (nSPS) is 23.6. The van der Waals surface area contributed by atoms with Crippen LogP contribution in [0.5, 0.6) is 0 Å². The molecule has 1 aromatic carbocycles. The van der Waals surface area contributed by atoms with Crippen molar-refractivity contribution in [3.63, 3.8) is 0 Å². The monoisotopic (exact) mass is 276 g/mol. The summed E-state index contributed by atoms with van der Waals surface area (Å²) in [7, 11) is 0. The summed E-state index contributed by atoms with van der Waals surface area (Å²) < 4.78 is 0. The zero-order chi connectivity index (χ0) is 14.7. The van der Waals surface area contributed by atoms with Crippen LogP contribution in [0.1, 0.15) is 24.5 Å². The third-order valence-corrected chi connectivity index (χ3v) is 4.25. The van der Waals surface area contributed by atoms with Crippen LogP contribution in [0.4, 0.5) is 5.69 Å². The van der Waals surface area contributed by atoms with Crippen molar-refractivity contribution in [1.29, 1.82) is 0 Å². The van der Waals surface area contributed by atoms with Crippen molar-refractivity contribution < 1.29 is 9.90 Å². The second-order valence-corrected chi connectivity index (χ2v) is 5.86. The highest BCUT2D eigenvalue weighted by Gasteiger charge is 2.25. The van der Waals surface area contributed by atoms with Gasteiger partial charge in [0.05, 0.1) is 12.6 Å². The number of carbonyl (C=O) groups excluding carboxylic acids is 1. The third-order valence-electron chi connectivity index (χ3n) is 4.25. The number of likely N-dealkylation sites (tertiary alicyclic amines) is 1. The molecule has 0 radical (unpaired) electrons. The van der Waals surface area contributed by atoms with Crippen molar-refractivity contribution in [3.05, 3.63) is 29.3 Å². The molecule has 0 aliphatic carbocycles. The van der Waals surface area contributed by atoms with E-state index in [2.05, 4.69) is 12.2 Å². The summed E-state index contributed by atoms with van der Waals surface area (Å²) >= 11 is 0. The molecule has 1 aromatic rings. The largest absolute Gasteiger partial charge is 0.392 e. The second kappa shape index (κ2) is 6.37. The molecule has 1 aliphatic rings. The van der Waals surface area contributed by atoms with Gasteiger partial charge in [0.2, 0.25) is 5.91 Å². The van der Waals surface area contributed by atoms with E-state index in [1.165, 1.54) is 5.56 Å². The highest BCUT2D eigenvalue weighted by molar-refractivity contribution is 5.93. The summed E-state index contributed by atoms with van der Waals surface area (Å²) in [6.07, 6.45) is 0.620. The number of hydrogen-bond donors (Lipinski definition) is 2. The van der Waals surface area contributed by atoms with E-state index in [9.17, 15) is 9.90 Å². The molecule has 0 spiro atoms. The highest BCUT2D eigenvalue weighted by Crippen LogP contribution is 2.19. The first-order valence-corrected chi connectivity index (χ1v) is 7.24. The van der Waals surface area contributed by atoms with Crippen LogP contribution in [0.3, 0.4) is 0 Å². The van der Waals surface area contributed by atoms with Crippen LogP contribution in [0.2, 0.25) is 0 Å². The van der Waals surface area contributed by atoms with E-state index in [4.69, 9.17) is 0 Å². The lowest BCUT2D eigenvalue weighted by Gasteiger charge is -2.33. The maximum atomic E-state index is 12.1. The van der Waals surface area contributed by atoms with Crippen molar-refractivity contribution in [1.82, 2.24) is 4.90 Å². The number of β-amino-alcohol motifs (C(OH)–C–C–N with tert-alkyl or cyclic N) is 1. The zero-order valence-electron chi connectivity index (χ0n) is 12.5. The third kappa shape index (κ3) is 3.58. The summed E-state index contributed by atoms with van der Waals surface area (Å²) in [5.41, 5.74) is 3.15. The maximum Gasteiger partial charge on any atom is 0.238 e. The number of carbonyl (C=O) groups is 1. The number of hydrogen-bond acceptors (Lipinski definition) is 3. The van der Waals surface area contributed by atoms with Crippen molar-refractivity contribution in [2.24, 2.45) is 5.92 Å². The van der Waals surface area contributed by atoms with Crippen LogP contribution >= 0.6 is 0 Å². The van der Waals surface area contributed by atoms with Crippen LogP contribution in [0, 0.1) is 19.8 Å². The van der Waals surface area contributed by atoms with E-state index in [-0.39, 0.29) is 12.0 Å². The fraction of sp³-hybridized carbons (Fsp3) is 0.562. The average Bonchev–Trinajstić information content (AvgIpc) is 2.39. The number of rotatable bonds is 3. The molecule has 0 aromatic heterocycles. The Morgan fingerprint density at radius 1 is 1.45 bits per heavy atom. The molecule has 1 fully saturated rings. The number of benzene rings is 1. The Hall–Kier alpha value is -1.39. The summed E-state index contributed by atoms with van der Waals surface area (Å²) in [6.45, 7) is 7.90. The van der Waals surface area contributed by atoms with Gasteiger partial charge in [-0.1, -0.05) is 19.1 Å². The van der Waals surface area contributed by atoms with Crippen LogP contribution in [-0.2, 0) is 4.79 Å². The maximum absolute atomic E-state index is 12.1. The smallest absolute Gasteiger partial charge is 0.238 e. The Labute approximate surface area is 120 Å². The van der Waals surface area contributed by atoms with E-state index in [0.717, 1.165) is 24.2 Å². The standard InChI is InChI=1S/C16H24N2O2/c1-11-5-4-6-14(13(11)3)17-16(20)10-18-8-7-12(2)15(19)9-18/h4-6,12,15,19H,7-10H2,1-3H3,(H,17,20). The minimum absolute atomic E-state index is 0.0135. The first kappa shape index (κ1) is 15.0. The van der Waals surface area contributed by atoms with Crippen molar-refractivity contribution in [2.45, 2.75) is 33.3 Å². The summed E-state index contributed by atoms with van der Waals surface area (Å²) in [4.78, 5) is 14.1. The second-order valence-electron chi connectivity index (χ2n) is 5.86. The van der Waals surface area contributed by atoms with Gasteiger partial charge in [0.1, 0.15) is 0 Å². The minimum Gasteiger partial charge on any atom is -0.392 e. The van der Waals surface area contributed by atoms with Gasteiger partial charge >= 0.3 is 0 Å². The molecule has 4 nitrogen and oxygen atoms in total. The number of aliphatic hydroxyl groups is 1. The number of nitrogens with one attached hydrogen (secondary N) is 1. The lowest BCUT2D eigenvalue weighted by molar-refractivity contribution is -0.118. The molecule has 110 valence electrons. The average molecular weight is 276 g/mol. The quantitative estimate of drug-likeness (QED) is 0.887.